The minimum Gasteiger partial charge on any atom is -0.307 e. The van der Waals surface area contributed by atoms with Gasteiger partial charge in [0, 0.05) is 26.4 Å². The Bertz CT molecular complexity index is 1100. The van der Waals surface area contributed by atoms with E-state index in [2.05, 4.69) is 77.7 Å². The molecule has 2 aromatic heterocycles. The summed E-state index contributed by atoms with van der Waals surface area (Å²) < 4.78 is 2.36. The number of hydrogen-bond acceptors (Lipinski definition) is 1. The summed E-state index contributed by atoms with van der Waals surface area (Å²) in [5.74, 6) is 0. The summed E-state index contributed by atoms with van der Waals surface area (Å²) in [7, 11) is 0. The van der Waals surface area contributed by atoms with Crippen LogP contribution in [0, 0.1) is 0 Å². The molecule has 0 aliphatic rings. The van der Waals surface area contributed by atoms with Crippen molar-refractivity contribution in [2.45, 2.75) is 4.90 Å². The van der Waals surface area contributed by atoms with Crippen molar-refractivity contribution in [2.24, 2.45) is 0 Å². The van der Waals surface area contributed by atoms with Gasteiger partial charge in [-0.2, -0.15) is 0 Å². The van der Waals surface area contributed by atoms with Crippen molar-refractivity contribution in [1.82, 2.24) is 4.40 Å². The van der Waals surface area contributed by atoms with Crippen molar-refractivity contribution >= 4 is 50.7 Å². The number of hydrogen-bond donors (Lipinski definition) is 1. The Balaban J connectivity index is 2.32. The monoisotopic (exact) mass is 273 g/mol. The van der Waals surface area contributed by atoms with E-state index in [-0.39, 0.29) is 0 Å². The van der Waals surface area contributed by atoms with Gasteiger partial charge in [-0.25, -0.2) is 0 Å². The molecule has 0 aliphatic carbocycles. The second kappa shape index (κ2) is 3.47. The van der Waals surface area contributed by atoms with Gasteiger partial charge in [0.2, 0.25) is 0 Å². The number of para-hydroxylation sites is 3. The third-order valence-corrected chi connectivity index (χ3v) is 4.58. The topological polar surface area (TPSA) is 4.41 Å². The molecule has 0 spiro atoms. The van der Waals surface area contributed by atoms with Crippen LogP contribution in [-0.4, -0.2) is 4.40 Å². The summed E-state index contributed by atoms with van der Waals surface area (Å²) in [6, 6.07) is 21.5. The quantitative estimate of drug-likeness (QED) is 0.373. The van der Waals surface area contributed by atoms with E-state index in [1.54, 1.807) is 0 Å². The van der Waals surface area contributed by atoms with Gasteiger partial charge in [-0.15, -0.1) is 12.6 Å². The molecule has 0 aliphatic heterocycles. The van der Waals surface area contributed by atoms with Crippen molar-refractivity contribution in [3.05, 3.63) is 60.7 Å². The van der Waals surface area contributed by atoms with Crippen LogP contribution in [0.3, 0.4) is 0 Å². The van der Waals surface area contributed by atoms with Crippen LogP contribution in [-0.2, 0) is 0 Å². The molecule has 0 fully saturated rings. The fraction of sp³-hybridized carbons (Fsp3) is 0. The highest BCUT2D eigenvalue weighted by molar-refractivity contribution is 7.80. The van der Waals surface area contributed by atoms with Gasteiger partial charge < -0.3 is 4.40 Å². The highest BCUT2D eigenvalue weighted by Crippen LogP contribution is 2.40. The summed E-state index contributed by atoms with van der Waals surface area (Å²) in [6.07, 6.45) is 0. The molecule has 0 saturated heterocycles. The van der Waals surface area contributed by atoms with Crippen LogP contribution < -0.4 is 0 Å². The number of nitrogens with zero attached hydrogens (tertiary/aromatic N) is 1. The number of thiol groups is 1. The van der Waals surface area contributed by atoms with E-state index in [0.29, 0.717) is 0 Å². The summed E-state index contributed by atoms with van der Waals surface area (Å²) in [4.78, 5) is 1.03. The van der Waals surface area contributed by atoms with Crippen molar-refractivity contribution in [2.75, 3.05) is 0 Å². The predicted octanol–water partition coefficient (Wildman–Crippen LogP) is 5.13. The second-order valence-electron chi connectivity index (χ2n) is 5.23. The molecule has 0 amide bonds. The minimum atomic E-state index is 1.03. The molecule has 20 heavy (non-hydrogen) atoms. The number of fused-ring (bicyclic) bond motifs is 6. The van der Waals surface area contributed by atoms with E-state index in [1.807, 2.05) is 0 Å². The maximum absolute atomic E-state index is 4.68. The normalized spacial score (nSPS) is 12.2. The molecule has 0 atom stereocenters. The molecule has 5 rings (SSSR count). The Morgan fingerprint density at radius 3 is 2.05 bits per heavy atom. The van der Waals surface area contributed by atoms with Crippen LogP contribution in [0.15, 0.2) is 65.6 Å². The summed E-state index contributed by atoms with van der Waals surface area (Å²) >= 11 is 4.68. The molecule has 5 aromatic rings. The zero-order valence-electron chi connectivity index (χ0n) is 10.7. The van der Waals surface area contributed by atoms with E-state index in [1.165, 1.54) is 38.1 Å². The molecule has 0 N–H and O–H groups in total. The Morgan fingerprint density at radius 1 is 0.600 bits per heavy atom. The van der Waals surface area contributed by atoms with Crippen molar-refractivity contribution < 1.29 is 0 Å². The van der Waals surface area contributed by atoms with Crippen LogP contribution in [0.5, 0.6) is 0 Å². The highest BCUT2D eigenvalue weighted by atomic mass is 32.1. The Kier molecular flexibility index (Phi) is 1.83. The maximum atomic E-state index is 4.68. The van der Waals surface area contributed by atoms with Crippen molar-refractivity contribution in [1.29, 1.82) is 0 Å². The number of aromatic nitrogens is 1. The summed E-state index contributed by atoms with van der Waals surface area (Å²) in [5, 5.41) is 5.22. The molecule has 0 radical (unpaired) electrons. The zero-order chi connectivity index (χ0) is 13.3. The van der Waals surface area contributed by atoms with Crippen molar-refractivity contribution in [3.8, 4) is 0 Å². The van der Waals surface area contributed by atoms with Gasteiger partial charge in [-0.1, -0.05) is 48.5 Å². The lowest BCUT2D eigenvalue weighted by atomic mass is 10.1. The van der Waals surface area contributed by atoms with Gasteiger partial charge in [0.25, 0.3) is 0 Å². The molecule has 0 unspecified atom stereocenters. The first-order valence-electron chi connectivity index (χ1n) is 6.71. The smallest absolute Gasteiger partial charge is 0.0674 e. The van der Waals surface area contributed by atoms with Gasteiger partial charge >= 0.3 is 0 Å². The zero-order valence-corrected chi connectivity index (χ0v) is 11.6. The van der Waals surface area contributed by atoms with Gasteiger partial charge in [-0.05, 0) is 12.1 Å². The Hall–Kier alpha value is -2.19. The van der Waals surface area contributed by atoms with Gasteiger partial charge in [0.1, 0.15) is 0 Å². The fourth-order valence-electron chi connectivity index (χ4n) is 3.45. The largest absolute Gasteiger partial charge is 0.307 e. The average molecular weight is 273 g/mol. The lowest BCUT2D eigenvalue weighted by molar-refractivity contribution is 1.32. The molecule has 2 heteroatoms. The molecular formula is C18H11NS. The maximum Gasteiger partial charge on any atom is 0.0674 e. The molecule has 1 nitrogen and oxygen atoms in total. The summed E-state index contributed by atoms with van der Waals surface area (Å²) in [6.45, 7) is 0. The van der Waals surface area contributed by atoms with E-state index in [9.17, 15) is 0 Å². The molecule has 0 saturated carbocycles. The Labute approximate surface area is 121 Å². The van der Waals surface area contributed by atoms with Gasteiger partial charge in [0.05, 0.1) is 16.6 Å². The lowest BCUT2D eigenvalue weighted by Gasteiger charge is -1.99. The minimum absolute atomic E-state index is 1.03. The van der Waals surface area contributed by atoms with E-state index in [0.717, 1.165) is 4.90 Å². The molecule has 94 valence electrons. The SMILES string of the molecule is Sc1cccc2c3cccc4c5ccccc5n(c12)c43. The first-order valence-corrected chi connectivity index (χ1v) is 7.16. The fourth-order valence-corrected chi connectivity index (χ4v) is 3.76. The first kappa shape index (κ1) is 10.6. The van der Waals surface area contributed by atoms with Gasteiger partial charge in [-0.3, -0.25) is 0 Å². The van der Waals surface area contributed by atoms with Crippen molar-refractivity contribution in [3.63, 3.8) is 0 Å². The number of rotatable bonds is 0. The summed E-state index contributed by atoms with van der Waals surface area (Å²) in [5.41, 5.74) is 3.78. The van der Waals surface area contributed by atoms with Crippen LogP contribution in [0.1, 0.15) is 0 Å². The van der Waals surface area contributed by atoms with E-state index >= 15 is 0 Å². The molecular weight excluding hydrogens is 262 g/mol. The predicted molar refractivity (Wildman–Crippen MR) is 88.4 cm³/mol. The molecule has 3 aromatic carbocycles. The molecule has 2 heterocycles. The number of benzene rings is 3. The van der Waals surface area contributed by atoms with E-state index < -0.39 is 0 Å². The first-order chi connectivity index (χ1) is 9.86. The average Bonchev–Trinajstić information content (AvgIpc) is 3.00. The van der Waals surface area contributed by atoms with Gasteiger partial charge in [0.15, 0.2) is 0 Å². The van der Waals surface area contributed by atoms with Crippen LogP contribution >= 0.6 is 12.6 Å². The van der Waals surface area contributed by atoms with Crippen LogP contribution in [0.4, 0.5) is 0 Å². The molecule has 0 bridgehead atoms. The third-order valence-electron chi connectivity index (χ3n) is 4.22. The highest BCUT2D eigenvalue weighted by Gasteiger charge is 2.17. The lowest BCUT2D eigenvalue weighted by Crippen LogP contribution is -1.81. The van der Waals surface area contributed by atoms with E-state index in [4.69, 9.17) is 0 Å². The second-order valence-corrected chi connectivity index (χ2v) is 5.71. The standard InChI is InChI=1S/C18H11NS/c20-16-10-4-8-14-13-7-3-6-12-11-5-1-2-9-15(11)19(17(12)13)18(14)16/h1-10,20H. The third kappa shape index (κ3) is 1.07. The van der Waals surface area contributed by atoms with Crippen LogP contribution in [0.2, 0.25) is 0 Å². The Morgan fingerprint density at radius 2 is 1.20 bits per heavy atom. The van der Waals surface area contributed by atoms with Crippen LogP contribution in [0.25, 0.3) is 38.1 Å².